The van der Waals surface area contributed by atoms with Crippen LogP contribution in [0.5, 0.6) is 0 Å². The van der Waals surface area contributed by atoms with E-state index in [1.165, 1.54) is 6.20 Å². The summed E-state index contributed by atoms with van der Waals surface area (Å²) in [6.45, 7) is 2.01. The lowest BCUT2D eigenvalue weighted by atomic mass is 9.92. The van der Waals surface area contributed by atoms with E-state index in [4.69, 9.17) is 31.5 Å². The number of pyridine rings is 1. The average Bonchev–Trinajstić information content (AvgIpc) is 3.19. The molecule has 0 radical (unpaired) electrons. The van der Waals surface area contributed by atoms with Crippen LogP contribution in [0, 0.1) is 6.92 Å². The van der Waals surface area contributed by atoms with Gasteiger partial charge in [-0.1, -0.05) is 41.9 Å². The molecule has 2 saturated heterocycles. The summed E-state index contributed by atoms with van der Waals surface area (Å²) in [7, 11) is 0. The summed E-state index contributed by atoms with van der Waals surface area (Å²) in [5.74, 6) is 0.887. The van der Waals surface area contributed by atoms with Crippen LogP contribution in [0.2, 0.25) is 5.02 Å². The fraction of sp³-hybridized carbons (Fsp3) is 0.381. The van der Waals surface area contributed by atoms with Gasteiger partial charge in [0.2, 0.25) is 0 Å². The largest absolute Gasteiger partial charge is 0.388 e. The third-order valence-corrected chi connectivity index (χ3v) is 6.36. The highest BCUT2D eigenvalue weighted by Gasteiger charge is 2.49. The van der Waals surface area contributed by atoms with Gasteiger partial charge in [0, 0.05) is 11.8 Å². The molecule has 5 rings (SSSR count). The minimum absolute atomic E-state index is 0.261. The predicted octanol–water partition coefficient (Wildman–Crippen LogP) is 2.63. The van der Waals surface area contributed by atoms with E-state index >= 15 is 0 Å². The van der Waals surface area contributed by atoms with Gasteiger partial charge >= 0.3 is 0 Å². The molecule has 3 aromatic rings. The first-order chi connectivity index (χ1) is 15.4. The molecule has 0 amide bonds. The number of hydrogen-bond acceptors (Lipinski definition) is 8. The second-order valence-electron chi connectivity index (χ2n) is 7.73. The van der Waals surface area contributed by atoms with Crippen molar-refractivity contribution >= 4 is 27.5 Å². The van der Waals surface area contributed by atoms with E-state index in [1.807, 2.05) is 30.3 Å². The maximum absolute atomic E-state index is 11.1. The van der Waals surface area contributed by atoms with Gasteiger partial charge in [-0.05, 0) is 28.9 Å². The topological polar surface area (TPSA) is 118 Å². The van der Waals surface area contributed by atoms with Crippen LogP contribution in [0.15, 0.2) is 47.2 Å². The zero-order valence-electron chi connectivity index (χ0n) is 17.0. The Hall–Kier alpha value is -1.92. The minimum atomic E-state index is -1.08. The predicted molar refractivity (Wildman–Crippen MR) is 118 cm³/mol. The molecule has 0 bridgehead atoms. The fourth-order valence-corrected chi connectivity index (χ4v) is 4.56. The van der Waals surface area contributed by atoms with Gasteiger partial charge in [-0.2, -0.15) is 5.10 Å². The molecule has 168 valence electrons. The van der Waals surface area contributed by atoms with Crippen LogP contribution in [-0.2, 0) is 14.2 Å². The van der Waals surface area contributed by atoms with Crippen molar-refractivity contribution in [2.45, 2.75) is 43.7 Å². The van der Waals surface area contributed by atoms with E-state index in [9.17, 15) is 5.11 Å². The number of aliphatic hydroxyl groups excluding tert-OH is 1. The van der Waals surface area contributed by atoms with Crippen LogP contribution in [-0.4, -0.2) is 55.8 Å². The Morgan fingerprint density at radius 2 is 2.03 bits per heavy atom. The molecule has 0 aliphatic carbocycles. The summed E-state index contributed by atoms with van der Waals surface area (Å²) in [5, 5.41) is 16.0. The Morgan fingerprint density at radius 1 is 1.25 bits per heavy atom. The second kappa shape index (κ2) is 8.79. The number of ether oxygens (including phenoxy) is 3. The molecule has 2 aliphatic rings. The summed E-state index contributed by atoms with van der Waals surface area (Å²) in [4.78, 5) is 8.72. The molecule has 3 N–H and O–H groups in total. The highest BCUT2D eigenvalue weighted by atomic mass is 79.9. The lowest BCUT2D eigenvalue weighted by Gasteiger charge is -2.46. The minimum Gasteiger partial charge on any atom is -0.388 e. The molecule has 0 saturated carbocycles. The van der Waals surface area contributed by atoms with E-state index in [1.54, 1.807) is 17.7 Å². The maximum atomic E-state index is 11.1. The summed E-state index contributed by atoms with van der Waals surface area (Å²) < 4.78 is 20.3. The zero-order chi connectivity index (χ0) is 22.4. The Kier molecular flexibility index (Phi) is 6.01. The molecule has 2 aromatic heterocycles. The second-order valence-corrected chi connectivity index (χ2v) is 8.92. The van der Waals surface area contributed by atoms with Crippen molar-refractivity contribution in [3.05, 3.63) is 69.4 Å². The van der Waals surface area contributed by atoms with Gasteiger partial charge in [0.25, 0.3) is 0 Å². The maximum Gasteiger partial charge on any atom is 0.184 e. The summed E-state index contributed by atoms with van der Waals surface area (Å²) >= 11 is 9.56. The third-order valence-electron chi connectivity index (χ3n) is 5.54. The van der Waals surface area contributed by atoms with Gasteiger partial charge in [0.15, 0.2) is 12.1 Å². The van der Waals surface area contributed by atoms with Crippen molar-refractivity contribution in [2.24, 2.45) is 5.73 Å². The van der Waals surface area contributed by atoms with E-state index in [0.29, 0.717) is 27.0 Å². The number of benzene rings is 1. The van der Waals surface area contributed by atoms with E-state index in [-0.39, 0.29) is 6.61 Å². The summed E-state index contributed by atoms with van der Waals surface area (Å²) in [5.41, 5.74) is 7.89. The lowest BCUT2D eigenvalue weighted by Crippen LogP contribution is -2.62. The van der Waals surface area contributed by atoms with Crippen LogP contribution in [0.1, 0.15) is 29.6 Å². The molecule has 2 fully saturated rings. The van der Waals surface area contributed by atoms with Crippen molar-refractivity contribution in [3.63, 3.8) is 0 Å². The number of aromatic nitrogens is 4. The standard InChI is InChI=1S/C21H21BrClN5O4/c1-10-26-20(28(27-10)13-7-12(23)8-25-19(13)22)18-16(29)15(24)17-14(31-18)9-30-21(32-17)11-5-3-2-4-6-11/h2-8,14-18,21,29H,9,24H2,1H3/t14?,15?,16?,17-,18+,21?/m0/s1. The van der Waals surface area contributed by atoms with E-state index in [2.05, 4.69) is 31.0 Å². The number of halogens is 2. The lowest BCUT2D eigenvalue weighted by molar-refractivity contribution is -0.309. The number of nitrogens with two attached hydrogens (primary N) is 1. The molecular formula is C21H21BrClN5O4. The van der Waals surface area contributed by atoms with Crippen molar-refractivity contribution in [2.75, 3.05) is 6.61 Å². The van der Waals surface area contributed by atoms with Crippen LogP contribution in [0.4, 0.5) is 0 Å². The molecule has 6 atom stereocenters. The molecule has 0 spiro atoms. The van der Waals surface area contributed by atoms with Gasteiger partial charge in [0.1, 0.15) is 40.5 Å². The smallest absolute Gasteiger partial charge is 0.184 e. The molecule has 11 heteroatoms. The Bertz CT molecular complexity index is 1110. The molecule has 4 unspecified atom stereocenters. The molecule has 2 aliphatic heterocycles. The van der Waals surface area contributed by atoms with Gasteiger partial charge in [-0.25, -0.2) is 14.6 Å². The number of rotatable bonds is 3. The summed E-state index contributed by atoms with van der Waals surface area (Å²) in [6, 6.07) is 10.6. The van der Waals surface area contributed by atoms with Gasteiger partial charge in [-0.3, -0.25) is 0 Å². The van der Waals surface area contributed by atoms with Crippen LogP contribution in [0.25, 0.3) is 5.69 Å². The van der Waals surface area contributed by atoms with Gasteiger partial charge in [-0.15, -0.1) is 0 Å². The van der Waals surface area contributed by atoms with Gasteiger partial charge in [0.05, 0.1) is 17.7 Å². The zero-order valence-corrected chi connectivity index (χ0v) is 19.3. The third kappa shape index (κ3) is 3.96. The van der Waals surface area contributed by atoms with Crippen LogP contribution >= 0.6 is 27.5 Å². The Morgan fingerprint density at radius 3 is 2.81 bits per heavy atom. The van der Waals surface area contributed by atoms with E-state index in [0.717, 1.165) is 5.56 Å². The molecule has 32 heavy (non-hydrogen) atoms. The quantitative estimate of drug-likeness (QED) is 0.504. The number of fused-ring (bicyclic) bond motifs is 1. The highest BCUT2D eigenvalue weighted by molar-refractivity contribution is 9.10. The molecule has 4 heterocycles. The molecule has 1 aromatic carbocycles. The normalized spacial score (nSPS) is 30.2. The monoisotopic (exact) mass is 521 g/mol. The Labute approximate surface area is 197 Å². The van der Waals surface area contributed by atoms with Crippen molar-refractivity contribution in [1.82, 2.24) is 19.7 Å². The van der Waals surface area contributed by atoms with Crippen molar-refractivity contribution < 1.29 is 19.3 Å². The SMILES string of the molecule is Cc1nc([C@@H]2OC3COC(c4ccccc4)O[C@@H]3C(N)C2O)n(-c2cc(Cl)cnc2Br)n1. The first-order valence-electron chi connectivity index (χ1n) is 10.1. The molecule has 9 nitrogen and oxygen atoms in total. The first kappa shape index (κ1) is 21.9. The number of aliphatic hydroxyl groups is 1. The van der Waals surface area contributed by atoms with Crippen molar-refractivity contribution in [3.8, 4) is 5.69 Å². The molecular weight excluding hydrogens is 502 g/mol. The fourth-order valence-electron chi connectivity index (χ4n) is 4.02. The highest BCUT2D eigenvalue weighted by Crippen LogP contribution is 2.38. The number of nitrogens with zero attached hydrogens (tertiary/aromatic N) is 4. The number of hydrogen-bond donors (Lipinski definition) is 2. The van der Waals surface area contributed by atoms with Crippen molar-refractivity contribution in [1.29, 1.82) is 0 Å². The van der Waals surface area contributed by atoms with Crippen LogP contribution < -0.4 is 5.73 Å². The first-order valence-corrected chi connectivity index (χ1v) is 11.3. The average molecular weight is 523 g/mol. The summed E-state index contributed by atoms with van der Waals surface area (Å²) in [6.07, 6.45) is -2.01. The Balaban J connectivity index is 1.44. The van der Waals surface area contributed by atoms with Crippen LogP contribution in [0.3, 0.4) is 0 Å². The number of aryl methyl sites for hydroxylation is 1. The van der Waals surface area contributed by atoms with Gasteiger partial charge < -0.3 is 25.1 Å². The van der Waals surface area contributed by atoms with E-state index < -0.39 is 36.7 Å².